The summed E-state index contributed by atoms with van der Waals surface area (Å²) in [6.07, 6.45) is 2.46. The monoisotopic (exact) mass is 274 g/mol. The zero-order valence-electron chi connectivity index (χ0n) is 11.7. The maximum absolute atomic E-state index is 11.9. The van der Waals surface area contributed by atoms with E-state index in [4.69, 9.17) is 5.11 Å². The molecule has 0 saturated heterocycles. The second-order valence-electron chi connectivity index (χ2n) is 5.53. The van der Waals surface area contributed by atoms with Crippen LogP contribution in [-0.4, -0.2) is 20.6 Å². The minimum absolute atomic E-state index is 0.156. The first-order valence-corrected chi connectivity index (χ1v) is 6.60. The first kappa shape index (κ1) is 14.2. The van der Waals surface area contributed by atoms with Gasteiger partial charge >= 0.3 is 5.97 Å². The summed E-state index contributed by atoms with van der Waals surface area (Å²) in [5.41, 5.74) is 0.626. The van der Waals surface area contributed by atoms with Gasteiger partial charge in [0, 0.05) is 6.54 Å². The average Bonchev–Trinajstić information content (AvgIpc) is 2.41. The third kappa shape index (κ3) is 2.87. The average molecular weight is 274 g/mol. The largest absolute Gasteiger partial charge is 0.481 e. The molecule has 0 radical (unpaired) electrons. The van der Waals surface area contributed by atoms with Crippen molar-refractivity contribution in [3.8, 4) is 0 Å². The molecular weight excluding hydrogens is 256 g/mol. The molecule has 0 fully saturated rings. The van der Waals surface area contributed by atoms with Gasteiger partial charge in [-0.1, -0.05) is 12.1 Å². The van der Waals surface area contributed by atoms with Crippen LogP contribution in [0.2, 0.25) is 0 Å². The summed E-state index contributed by atoms with van der Waals surface area (Å²) in [7, 11) is 0. The molecule has 0 unspecified atom stereocenters. The van der Waals surface area contributed by atoms with Crippen LogP contribution in [0.3, 0.4) is 0 Å². The molecule has 0 atom stereocenters. The number of hydrogen-bond acceptors (Lipinski definition) is 3. The van der Waals surface area contributed by atoms with E-state index in [0.717, 1.165) is 11.0 Å². The minimum atomic E-state index is -0.815. The lowest BCUT2D eigenvalue weighted by Gasteiger charge is -2.19. The molecule has 0 aliphatic carbocycles. The van der Waals surface area contributed by atoms with E-state index in [-0.39, 0.29) is 5.56 Å². The van der Waals surface area contributed by atoms with Crippen molar-refractivity contribution in [1.29, 1.82) is 0 Å². The van der Waals surface area contributed by atoms with Crippen molar-refractivity contribution in [2.24, 2.45) is 5.41 Å². The van der Waals surface area contributed by atoms with E-state index in [2.05, 4.69) is 4.98 Å². The Morgan fingerprint density at radius 2 is 2.05 bits per heavy atom. The van der Waals surface area contributed by atoms with Gasteiger partial charge in [0.2, 0.25) is 0 Å². The zero-order valence-corrected chi connectivity index (χ0v) is 11.7. The van der Waals surface area contributed by atoms with E-state index in [1.807, 2.05) is 24.3 Å². The molecule has 0 aliphatic heterocycles. The summed E-state index contributed by atoms with van der Waals surface area (Å²) in [5, 5.41) is 9.09. The number of aryl methyl sites for hydroxylation is 1. The lowest BCUT2D eigenvalue weighted by atomic mass is 9.88. The van der Waals surface area contributed by atoms with Gasteiger partial charge in [-0.3, -0.25) is 9.59 Å². The molecule has 0 amide bonds. The molecule has 0 saturated carbocycles. The normalized spacial score (nSPS) is 11.7. The van der Waals surface area contributed by atoms with Gasteiger partial charge < -0.3 is 9.67 Å². The Balaban J connectivity index is 2.20. The summed E-state index contributed by atoms with van der Waals surface area (Å²) in [6, 6.07) is 7.44. The number of para-hydroxylation sites is 2. The Bertz CT molecular complexity index is 689. The first-order chi connectivity index (χ1) is 9.42. The number of nitrogens with zero attached hydrogens (tertiary/aromatic N) is 2. The summed E-state index contributed by atoms with van der Waals surface area (Å²) in [6.45, 7) is 3.89. The number of carboxylic acids is 1. The van der Waals surface area contributed by atoms with E-state index < -0.39 is 11.4 Å². The van der Waals surface area contributed by atoms with Crippen molar-refractivity contribution in [2.75, 3.05) is 0 Å². The Hall–Kier alpha value is -2.17. The second kappa shape index (κ2) is 5.45. The van der Waals surface area contributed by atoms with Gasteiger partial charge in [0.1, 0.15) is 0 Å². The fraction of sp³-hybridized carbons (Fsp3) is 0.400. The number of carbonyl (C=O) groups is 1. The number of aliphatic carboxylic acids is 1. The summed E-state index contributed by atoms with van der Waals surface area (Å²) >= 11 is 0. The van der Waals surface area contributed by atoms with Crippen molar-refractivity contribution >= 4 is 17.0 Å². The van der Waals surface area contributed by atoms with Crippen LogP contribution >= 0.6 is 0 Å². The lowest BCUT2D eigenvalue weighted by Crippen LogP contribution is -2.25. The summed E-state index contributed by atoms with van der Waals surface area (Å²) in [5.74, 6) is -0.815. The molecule has 2 rings (SSSR count). The second-order valence-corrected chi connectivity index (χ2v) is 5.53. The smallest absolute Gasteiger partial charge is 0.309 e. The van der Waals surface area contributed by atoms with E-state index in [1.165, 1.54) is 6.20 Å². The third-order valence-electron chi connectivity index (χ3n) is 3.52. The van der Waals surface area contributed by atoms with E-state index in [9.17, 15) is 9.59 Å². The Morgan fingerprint density at radius 1 is 1.35 bits per heavy atom. The SMILES string of the molecule is CC(C)(CCCn1c(=O)cnc2ccccc21)C(=O)O. The van der Waals surface area contributed by atoms with Crippen LogP contribution in [0.15, 0.2) is 35.3 Å². The standard InChI is InChI=1S/C15H18N2O3/c1-15(2,14(19)20)8-5-9-17-12-7-4-3-6-11(12)16-10-13(17)18/h3-4,6-7,10H,5,8-9H2,1-2H3,(H,19,20). The van der Waals surface area contributed by atoms with Crippen LogP contribution in [0.1, 0.15) is 26.7 Å². The van der Waals surface area contributed by atoms with Gasteiger partial charge in [-0.05, 0) is 38.8 Å². The van der Waals surface area contributed by atoms with Gasteiger partial charge in [-0.2, -0.15) is 0 Å². The van der Waals surface area contributed by atoms with Crippen LogP contribution in [0.4, 0.5) is 0 Å². The van der Waals surface area contributed by atoms with E-state index >= 15 is 0 Å². The topological polar surface area (TPSA) is 72.2 Å². The first-order valence-electron chi connectivity index (χ1n) is 6.60. The van der Waals surface area contributed by atoms with Gasteiger partial charge in [0.15, 0.2) is 0 Å². The third-order valence-corrected chi connectivity index (χ3v) is 3.52. The predicted octanol–water partition coefficient (Wildman–Crippen LogP) is 2.29. The highest BCUT2D eigenvalue weighted by molar-refractivity contribution is 5.74. The molecule has 1 aromatic carbocycles. The fourth-order valence-electron chi connectivity index (χ4n) is 2.13. The maximum Gasteiger partial charge on any atom is 0.309 e. The minimum Gasteiger partial charge on any atom is -0.481 e. The van der Waals surface area contributed by atoms with Crippen molar-refractivity contribution < 1.29 is 9.90 Å². The van der Waals surface area contributed by atoms with E-state index in [1.54, 1.807) is 18.4 Å². The van der Waals surface area contributed by atoms with E-state index in [0.29, 0.717) is 19.4 Å². The van der Waals surface area contributed by atoms with Crippen LogP contribution in [0.5, 0.6) is 0 Å². The molecule has 1 N–H and O–H groups in total. The highest BCUT2D eigenvalue weighted by Gasteiger charge is 2.26. The lowest BCUT2D eigenvalue weighted by molar-refractivity contribution is -0.147. The molecule has 1 aromatic heterocycles. The highest BCUT2D eigenvalue weighted by Crippen LogP contribution is 2.23. The van der Waals surface area contributed by atoms with Crippen LogP contribution in [0.25, 0.3) is 11.0 Å². The number of hydrogen-bond donors (Lipinski definition) is 1. The van der Waals surface area contributed by atoms with Crippen molar-refractivity contribution in [3.05, 3.63) is 40.8 Å². The molecule has 5 heteroatoms. The van der Waals surface area contributed by atoms with Gasteiger partial charge in [0.25, 0.3) is 5.56 Å². The molecule has 1 heterocycles. The number of benzene rings is 1. The number of aromatic nitrogens is 2. The number of rotatable bonds is 5. The van der Waals surface area contributed by atoms with Crippen LogP contribution in [-0.2, 0) is 11.3 Å². The summed E-state index contributed by atoms with van der Waals surface area (Å²) < 4.78 is 1.65. The Kier molecular flexibility index (Phi) is 3.88. The van der Waals surface area contributed by atoms with Crippen molar-refractivity contribution in [2.45, 2.75) is 33.2 Å². The van der Waals surface area contributed by atoms with Gasteiger partial charge in [-0.25, -0.2) is 4.98 Å². The zero-order chi connectivity index (χ0) is 14.8. The molecule has 106 valence electrons. The van der Waals surface area contributed by atoms with Crippen LogP contribution in [0, 0.1) is 5.41 Å². The van der Waals surface area contributed by atoms with Crippen molar-refractivity contribution in [3.63, 3.8) is 0 Å². The molecule has 2 aromatic rings. The fourth-order valence-corrected chi connectivity index (χ4v) is 2.13. The van der Waals surface area contributed by atoms with Crippen LogP contribution < -0.4 is 5.56 Å². The number of fused-ring (bicyclic) bond motifs is 1. The number of carboxylic acid groups (broad SMARTS) is 1. The van der Waals surface area contributed by atoms with Gasteiger partial charge in [-0.15, -0.1) is 0 Å². The molecule has 20 heavy (non-hydrogen) atoms. The Labute approximate surface area is 116 Å². The molecular formula is C15H18N2O3. The molecule has 0 aliphatic rings. The highest BCUT2D eigenvalue weighted by atomic mass is 16.4. The molecule has 5 nitrogen and oxygen atoms in total. The quantitative estimate of drug-likeness (QED) is 0.908. The van der Waals surface area contributed by atoms with Crippen molar-refractivity contribution in [1.82, 2.24) is 9.55 Å². The summed E-state index contributed by atoms with van der Waals surface area (Å²) in [4.78, 5) is 27.1. The Morgan fingerprint density at radius 3 is 2.75 bits per heavy atom. The molecule has 0 bridgehead atoms. The van der Waals surface area contributed by atoms with Gasteiger partial charge in [0.05, 0.1) is 22.6 Å². The predicted molar refractivity (Wildman–Crippen MR) is 76.7 cm³/mol. The molecule has 0 spiro atoms. The maximum atomic E-state index is 11.9.